The lowest BCUT2D eigenvalue weighted by Gasteiger charge is -2.13. The molecule has 0 aromatic carbocycles. The van der Waals surface area contributed by atoms with E-state index < -0.39 is 0 Å². The number of pyridine rings is 1. The molecule has 1 aromatic rings. The van der Waals surface area contributed by atoms with E-state index in [-0.39, 0.29) is 6.10 Å². The Bertz CT molecular complexity index is 268. The molecule has 3 nitrogen and oxygen atoms in total. The van der Waals surface area contributed by atoms with Gasteiger partial charge in [0, 0.05) is 13.3 Å². The minimum Gasteiger partial charge on any atom is -0.485 e. The molecule has 72 valence electrons. The molecule has 1 heterocycles. The highest BCUT2D eigenvalue weighted by atomic mass is 35.5. The standard InChI is InChI=1S/C9H12ClNO2/c1-7(6-12-2)13-8-4-3-5-11-9(8)10/h3-5,7H,6H2,1-2H3. The van der Waals surface area contributed by atoms with Crippen LogP contribution in [-0.4, -0.2) is 24.8 Å². The molecule has 0 spiro atoms. The average Bonchev–Trinajstić information content (AvgIpc) is 2.09. The molecule has 0 aliphatic carbocycles. The zero-order chi connectivity index (χ0) is 9.68. The van der Waals surface area contributed by atoms with Crippen LogP contribution in [0.15, 0.2) is 18.3 Å². The van der Waals surface area contributed by atoms with Crippen molar-refractivity contribution in [3.05, 3.63) is 23.5 Å². The SMILES string of the molecule is COCC(C)Oc1cccnc1Cl. The van der Waals surface area contributed by atoms with E-state index in [4.69, 9.17) is 21.1 Å². The number of nitrogens with zero attached hydrogens (tertiary/aromatic N) is 1. The summed E-state index contributed by atoms with van der Waals surface area (Å²) in [5.74, 6) is 0.591. The van der Waals surface area contributed by atoms with Crippen LogP contribution in [0.2, 0.25) is 5.15 Å². The molecule has 1 atom stereocenters. The van der Waals surface area contributed by atoms with Crippen molar-refractivity contribution in [3.63, 3.8) is 0 Å². The summed E-state index contributed by atoms with van der Waals surface area (Å²) in [5.41, 5.74) is 0. The van der Waals surface area contributed by atoms with Crippen molar-refractivity contribution in [3.8, 4) is 5.75 Å². The normalized spacial score (nSPS) is 12.5. The number of hydrogen-bond acceptors (Lipinski definition) is 3. The van der Waals surface area contributed by atoms with Gasteiger partial charge in [-0.2, -0.15) is 0 Å². The van der Waals surface area contributed by atoms with Crippen LogP contribution in [0.5, 0.6) is 5.75 Å². The Hall–Kier alpha value is -0.800. The van der Waals surface area contributed by atoms with E-state index in [2.05, 4.69) is 4.98 Å². The molecule has 1 aromatic heterocycles. The van der Waals surface area contributed by atoms with Crippen molar-refractivity contribution < 1.29 is 9.47 Å². The molecule has 0 amide bonds. The quantitative estimate of drug-likeness (QED) is 0.700. The summed E-state index contributed by atoms with van der Waals surface area (Å²) in [6, 6.07) is 3.56. The number of ether oxygens (including phenoxy) is 2. The van der Waals surface area contributed by atoms with E-state index in [0.29, 0.717) is 17.5 Å². The van der Waals surface area contributed by atoms with E-state index in [9.17, 15) is 0 Å². The summed E-state index contributed by atoms with van der Waals surface area (Å²) in [6.07, 6.45) is 1.60. The molecule has 1 rings (SSSR count). The number of rotatable bonds is 4. The van der Waals surface area contributed by atoms with Crippen molar-refractivity contribution in [2.75, 3.05) is 13.7 Å². The molecule has 0 radical (unpaired) electrons. The number of methoxy groups -OCH3 is 1. The van der Waals surface area contributed by atoms with Gasteiger partial charge < -0.3 is 9.47 Å². The molecule has 1 unspecified atom stereocenters. The Balaban J connectivity index is 2.58. The summed E-state index contributed by atoms with van der Waals surface area (Å²) >= 11 is 5.79. The molecule has 0 aliphatic rings. The first-order valence-electron chi connectivity index (χ1n) is 4.00. The van der Waals surface area contributed by atoms with Crippen molar-refractivity contribution >= 4 is 11.6 Å². The zero-order valence-electron chi connectivity index (χ0n) is 7.66. The smallest absolute Gasteiger partial charge is 0.171 e. The van der Waals surface area contributed by atoms with Gasteiger partial charge in [-0.05, 0) is 19.1 Å². The predicted molar refractivity (Wildman–Crippen MR) is 51.2 cm³/mol. The number of aromatic nitrogens is 1. The second kappa shape index (κ2) is 5.04. The van der Waals surface area contributed by atoms with E-state index in [1.54, 1.807) is 25.4 Å². The molecule has 0 saturated heterocycles. The van der Waals surface area contributed by atoms with Crippen molar-refractivity contribution in [2.45, 2.75) is 13.0 Å². The van der Waals surface area contributed by atoms with Crippen molar-refractivity contribution in [1.82, 2.24) is 4.98 Å². The third-order valence-corrected chi connectivity index (χ3v) is 1.74. The van der Waals surface area contributed by atoms with Crippen LogP contribution in [0, 0.1) is 0 Å². The van der Waals surface area contributed by atoms with Crippen LogP contribution in [0.4, 0.5) is 0 Å². The monoisotopic (exact) mass is 201 g/mol. The van der Waals surface area contributed by atoms with Gasteiger partial charge in [0.2, 0.25) is 0 Å². The molecule has 4 heteroatoms. The lowest BCUT2D eigenvalue weighted by molar-refractivity contribution is 0.0919. The Morgan fingerprint density at radius 2 is 2.38 bits per heavy atom. The highest BCUT2D eigenvalue weighted by Crippen LogP contribution is 2.21. The second-order valence-corrected chi connectivity index (χ2v) is 3.03. The zero-order valence-corrected chi connectivity index (χ0v) is 8.41. The first kappa shape index (κ1) is 10.3. The second-order valence-electron chi connectivity index (χ2n) is 2.68. The van der Waals surface area contributed by atoms with E-state index in [0.717, 1.165) is 0 Å². The molecule has 13 heavy (non-hydrogen) atoms. The first-order valence-corrected chi connectivity index (χ1v) is 4.38. The van der Waals surface area contributed by atoms with E-state index in [1.165, 1.54) is 0 Å². The van der Waals surface area contributed by atoms with Crippen LogP contribution in [0.25, 0.3) is 0 Å². The van der Waals surface area contributed by atoms with Gasteiger partial charge in [-0.15, -0.1) is 0 Å². The Labute approximate surface area is 82.6 Å². The van der Waals surface area contributed by atoms with E-state index in [1.807, 2.05) is 6.92 Å². The minimum absolute atomic E-state index is 0.0216. The molecule has 0 aliphatic heterocycles. The molecule has 0 fully saturated rings. The largest absolute Gasteiger partial charge is 0.485 e. The summed E-state index contributed by atoms with van der Waals surface area (Å²) < 4.78 is 10.4. The molecule has 0 bridgehead atoms. The average molecular weight is 202 g/mol. The summed E-state index contributed by atoms with van der Waals surface area (Å²) in [6.45, 7) is 2.44. The van der Waals surface area contributed by atoms with Crippen LogP contribution in [-0.2, 0) is 4.74 Å². The van der Waals surface area contributed by atoms with Crippen LogP contribution in [0.3, 0.4) is 0 Å². The fourth-order valence-corrected chi connectivity index (χ4v) is 1.11. The minimum atomic E-state index is -0.0216. The van der Waals surface area contributed by atoms with Crippen molar-refractivity contribution in [1.29, 1.82) is 0 Å². The van der Waals surface area contributed by atoms with Gasteiger partial charge in [0.1, 0.15) is 6.10 Å². The Morgan fingerprint density at radius 1 is 1.62 bits per heavy atom. The predicted octanol–water partition coefficient (Wildman–Crippen LogP) is 2.15. The van der Waals surface area contributed by atoms with Crippen molar-refractivity contribution in [2.24, 2.45) is 0 Å². The highest BCUT2D eigenvalue weighted by Gasteiger charge is 2.06. The maximum atomic E-state index is 5.79. The maximum Gasteiger partial charge on any atom is 0.171 e. The fourth-order valence-electron chi connectivity index (χ4n) is 0.945. The third kappa shape index (κ3) is 3.20. The van der Waals surface area contributed by atoms with Gasteiger partial charge in [-0.3, -0.25) is 0 Å². The van der Waals surface area contributed by atoms with Gasteiger partial charge >= 0.3 is 0 Å². The molecule has 0 saturated carbocycles. The van der Waals surface area contributed by atoms with E-state index >= 15 is 0 Å². The Morgan fingerprint density at radius 3 is 3.00 bits per heavy atom. The van der Waals surface area contributed by atoms with Gasteiger partial charge in [-0.25, -0.2) is 4.98 Å². The fraction of sp³-hybridized carbons (Fsp3) is 0.444. The molecular weight excluding hydrogens is 190 g/mol. The molecular formula is C9H12ClNO2. The van der Waals surface area contributed by atoms with Crippen LogP contribution in [0.1, 0.15) is 6.92 Å². The number of halogens is 1. The lowest BCUT2D eigenvalue weighted by Crippen LogP contribution is -2.18. The van der Waals surface area contributed by atoms with Crippen LogP contribution >= 0.6 is 11.6 Å². The maximum absolute atomic E-state index is 5.79. The van der Waals surface area contributed by atoms with Gasteiger partial charge in [0.25, 0.3) is 0 Å². The molecule has 0 N–H and O–H groups in total. The van der Waals surface area contributed by atoms with Gasteiger partial charge in [0.15, 0.2) is 10.9 Å². The first-order chi connectivity index (χ1) is 6.24. The number of hydrogen-bond donors (Lipinski definition) is 0. The van der Waals surface area contributed by atoms with Gasteiger partial charge in [0.05, 0.1) is 6.61 Å². The third-order valence-electron chi connectivity index (χ3n) is 1.45. The summed E-state index contributed by atoms with van der Waals surface area (Å²) in [5, 5.41) is 0.380. The topological polar surface area (TPSA) is 31.4 Å². The highest BCUT2D eigenvalue weighted by molar-refractivity contribution is 6.30. The Kier molecular flexibility index (Phi) is 3.99. The summed E-state index contributed by atoms with van der Waals surface area (Å²) in [7, 11) is 1.63. The lowest BCUT2D eigenvalue weighted by atomic mass is 10.4. The van der Waals surface area contributed by atoms with Gasteiger partial charge in [-0.1, -0.05) is 11.6 Å². The van der Waals surface area contributed by atoms with Crippen LogP contribution < -0.4 is 4.74 Å². The summed E-state index contributed by atoms with van der Waals surface area (Å²) in [4.78, 5) is 3.89.